The molecule has 4 rings (SSSR count). The van der Waals surface area contributed by atoms with Crippen LogP contribution in [0, 0.1) is 0 Å². The minimum Gasteiger partial charge on any atom is -0.495 e. The van der Waals surface area contributed by atoms with E-state index in [1.54, 1.807) is 25.3 Å². The van der Waals surface area contributed by atoms with Crippen LogP contribution in [0.4, 0.5) is 5.69 Å². The molecule has 0 aliphatic rings. The molecule has 0 saturated carbocycles. The van der Waals surface area contributed by atoms with Gasteiger partial charge in [-0.1, -0.05) is 18.2 Å². The van der Waals surface area contributed by atoms with Gasteiger partial charge in [0.15, 0.2) is 5.76 Å². The smallest absolute Gasteiger partial charge is 0.291 e. The van der Waals surface area contributed by atoms with Gasteiger partial charge in [-0.25, -0.2) is 0 Å². The van der Waals surface area contributed by atoms with Crippen molar-refractivity contribution < 1.29 is 18.4 Å². The number of para-hydroxylation sites is 1. The van der Waals surface area contributed by atoms with Gasteiger partial charge in [-0.15, -0.1) is 0 Å². The van der Waals surface area contributed by atoms with Gasteiger partial charge in [0.05, 0.1) is 19.1 Å². The second kappa shape index (κ2) is 5.21. The number of carbonyl (C=O) groups is 1. The molecule has 5 nitrogen and oxygen atoms in total. The van der Waals surface area contributed by atoms with Gasteiger partial charge in [-0.05, 0) is 24.3 Å². The number of amides is 1. The third-order valence-corrected chi connectivity index (χ3v) is 3.69. The van der Waals surface area contributed by atoms with Crippen LogP contribution in [0.1, 0.15) is 10.6 Å². The van der Waals surface area contributed by atoms with Gasteiger partial charge in [-0.2, -0.15) is 0 Å². The van der Waals surface area contributed by atoms with Gasteiger partial charge in [0.2, 0.25) is 0 Å². The zero-order valence-electron chi connectivity index (χ0n) is 12.3. The highest BCUT2D eigenvalue weighted by molar-refractivity contribution is 6.09. The number of benzene rings is 2. The summed E-state index contributed by atoms with van der Waals surface area (Å²) in [4.78, 5) is 12.2. The van der Waals surface area contributed by atoms with Gasteiger partial charge in [0, 0.05) is 16.8 Å². The highest BCUT2D eigenvalue weighted by atomic mass is 16.5. The van der Waals surface area contributed by atoms with Gasteiger partial charge in [-0.3, -0.25) is 4.79 Å². The molecular formula is C18H13NO4. The minimum atomic E-state index is -0.344. The van der Waals surface area contributed by atoms with Crippen LogP contribution in [0.3, 0.4) is 0 Å². The zero-order chi connectivity index (χ0) is 15.8. The summed E-state index contributed by atoms with van der Waals surface area (Å²) in [7, 11) is 1.56. The van der Waals surface area contributed by atoms with Crippen LogP contribution in [0.15, 0.2) is 63.6 Å². The standard InChI is InChI=1S/C18H13NO4/c1-21-17-9-12-11-5-2-3-6-14(11)23-16(12)10-13(17)19-18(20)15-7-4-8-22-15/h2-10H,1H3,(H,19,20). The van der Waals surface area contributed by atoms with E-state index in [-0.39, 0.29) is 11.7 Å². The highest BCUT2D eigenvalue weighted by Gasteiger charge is 2.15. The molecular weight excluding hydrogens is 294 g/mol. The Morgan fingerprint density at radius 2 is 1.91 bits per heavy atom. The van der Waals surface area contributed by atoms with Crippen molar-refractivity contribution in [2.45, 2.75) is 0 Å². The average molecular weight is 307 g/mol. The van der Waals surface area contributed by atoms with Crippen LogP contribution in [-0.2, 0) is 0 Å². The van der Waals surface area contributed by atoms with Crippen molar-refractivity contribution in [3.63, 3.8) is 0 Å². The SMILES string of the molecule is COc1cc2c(cc1NC(=O)c1ccco1)oc1ccccc12. The molecule has 5 heteroatoms. The molecule has 2 aromatic heterocycles. The Hall–Kier alpha value is -3.21. The Morgan fingerprint density at radius 1 is 1.04 bits per heavy atom. The first kappa shape index (κ1) is 13.5. The third kappa shape index (κ3) is 2.23. The normalized spacial score (nSPS) is 11.0. The lowest BCUT2D eigenvalue weighted by Gasteiger charge is -2.09. The number of anilines is 1. The first-order valence-corrected chi connectivity index (χ1v) is 7.10. The molecule has 114 valence electrons. The maximum atomic E-state index is 12.2. The lowest BCUT2D eigenvalue weighted by molar-refractivity contribution is 0.0996. The van der Waals surface area contributed by atoms with Crippen LogP contribution < -0.4 is 10.1 Å². The lowest BCUT2D eigenvalue weighted by atomic mass is 10.1. The quantitative estimate of drug-likeness (QED) is 0.607. The van der Waals surface area contributed by atoms with Crippen molar-refractivity contribution >= 4 is 33.5 Å². The molecule has 0 saturated heterocycles. The van der Waals surface area contributed by atoms with Crippen LogP contribution in [0.2, 0.25) is 0 Å². The maximum absolute atomic E-state index is 12.2. The summed E-state index contributed by atoms with van der Waals surface area (Å²) in [5.41, 5.74) is 2.00. The Kier molecular flexibility index (Phi) is 3.05. The summed E-state index contributed by atoms with van der Waals surface area (Å²) in [5, 5.41) is 4.73. The van der Waals surface area contributed by atoms with E-state index < -0.39 is 0 Å². The van der Waals surface area contributed by atoms with Gasteiger partial charge >= 0.3 is 0 Å². The summed E-state index contributed by atoms with van der Waals surface area (Å²) < 4.78 is 16.3. The number of methoxy groups -OCH3 is 1. The van der Waals surface area contributed by atoms with Crippen LogP contribution in [-0.4, -0.2) is 13.0 Å². The molecule has 1 N–H and O–H groups in total. The number of ether oxygens (including phenoxy) is 1. The Labute approximate surface area is 131 Å². The van der Waals surface area contributed by atoms with Crippen LogP contribution >= 0.6 is 0 Å². The fourth-order valence-electron chi connectivity index (χ4n) is 2.61. The van der Waals surface area contributed by atoms with E-state index in [1.165, 1.54) is 6.26 Å². The van der Waals surface area contributed by atoms with Crippen LogP contribution in [0.25, 0.3) is 21.9 Å². The van der Waals surface area contributed by atoms with E-state index in [4.69, 9.17) is 13.6 Å². The monoisotopic (exact) mass is 307 g/mol. The second-order valence-corrected chi connectivity index (χ2v) is 5.08. The Bertz CT molecular complexity index is 999. The fourth-order valence-corrected chi connectivity index (χ4v) is 2.61. The van der Waals surface area contributed by atoms with Crippen molar-refractivity contribution in [2.24, 2.45) is 0 Å². The number of fused-ring (bicyclic) bond motifs is 3. The summed E-state index contributed by atoms with van der Waals surface area (Å²) in [6.45, 7) is 0. The molecule has 0 aliphatic heterocycles. The van der Waals surface area contributed by atoms with Crippen molar-refractivity contribution in [2.75, 3.05) is 12.4 Å². The summed E-state index contributed by atoms with van der Waals surface area (Å²) in [5.74, 6) is 0.449. The van der Waals surface area contributed by atoms with E-state index in [1.807, 2.05) is 30.3 Å². The molecule has 0 spiro atoms. The predicted molar refractivity (Wildman–Crippen MR) is 86.9 cm³/mol. The number of furan rings is 2. The van der Waals surface area contributed by atoms with Crippen molar-refractivity contribution in [3.05, 3.63) is 60.6 Å². The molecule has 0 aliphatic carbocycles. The largest absolute Gasteiger partial charge is 0.495 e. The Morgan fingerprint density at radius 3 is 2.70 bits per heavy atom. The zero-order valence-corrected chi connectivity index (χ0v) is 12.3. The van der Waals surface area contributed by atoms with Crippen LogP contribution in [0.5, 0.6) is 5.75 Å². The van der Waals surface area contributed by atoms with Gasteiger partial charge in [0.1, 0.15) is 16.9 Å². The van der Waals surface area contributed by atoms with Crippen molar-refractivity contribution in [1.29, 1.82) is 0 Å². The number of rotatable bonds is 3. The molecule has 2 heterocycles. The van der Waals surface area contributed by atoms with Crippen molar-refractivity contribution in [1.82, 2.24) is 0 Å². The summed E-state index contributed by atoms with van der Waals surface area (Å²) >= 11 is 0. The molecule has 4 aromatic rings. The molecule has 1 amide bonds. The molecule has 0 fully saturated rings. The first-order chi connectivity index (χ1) is 11.3. The summed E-state index contributed by atoms with van der Waals surface area (Å²) in [6.07, 6.45) is 1.45. The predicted octanol–water partition coefficient (Wildman–Crippen LogP) is 4.44. The second-order valence-electron chi connectivity index (χ2n) is 5.08. The van der Waals surface area contributed by atoms with Crippen molar-refractivity contribution in [3.8, 4) is 5.75 Å². The molecule has 0 radical (unpaired) electrons. The highest BCUT2D eigenvalue weighted by Crippen LogP contribution is 2.36. The minimum absolute atomic E-state index is 0.233. The molecule has 0 unspecified atom stereocenters. The third-order valence-electron chi connectivity index (χ3n) is 3.69. The molecule has 0 atom stereocenters. The number of hydrogen-bond donors (Lipinski definition) is 1. The van der Waals surface area contributed by atoms with E-state index >= 15 is 0 Å². The molecule has 0 bridgehead atoms. The Balaban J connectivity index is 1.82. The van der Waals surface area contributed by atoms with Gasteiger partial charge < -0.3 is 18.9 Å². The number of carbonyl (C=O) groups excluding carboxylic acids is 1. The van der Waals surface area contributed by atoms with E-state index in [9.17, 15) is 4.79 Å². The first-order valence-electron chi connectivity index (χ1n) is 7.10. The number of hydrogen-bond acceptors (Lipinski definition) is 4. The number of nitrogens with one attached hydrogen (secondary N) is 1. The molecule has 2 aromatic carbocycles. The van der Waals surface area contributed by atoms with E-state index in [0.29, 0.717) is 17.0 Å². The lowest BCUT2D eigenvalue weighted by Crippen LogP contribution is -2.11. The maximum Gasteiger partial charge on any atom is 0.291 e. The topological polar surface area (TPSA) is 64.6 Å². The molecule has 23 heavy (non-hydrogen) atoms. The van der Waals surface area contributed by atoms with E-state index in [0.717, 1.165) is 16.4 Å². The van der Waals surface area contributed by atoms with E-state index in [2.05, 4.69) is 5.32 Å². The average Bonchev–Trinajstić information content (AvgIpc) is 3.21. The fraction of sp³-hybridized carbons (Fsp3) is 0.0556. The van der Waals surface area contributed by atoms with Gasteiger partial charge in [0.25, 0.3) is 5.91 Å². The summed E-state index contributed by atoms with van der Waals surface area (Å²) in [6, 6.07) is 14.6.